The molecule has 0 aliphatic carbocycles. The molecule has 1 heterocycles. The van der Waals surface area contributed by atoms with Crippen LogP contribution in [-0.2, 0) is 10.3 Å². The quantitative estimate of drug-likeness (QED) is 0.742. The number of halogens is 3. The van der Waals surface area contributed by atoms with Gasteiger partial charge in [0.05, 0.1) is 0 Å². The second-order valence-electron chi connectivity index (χ2n) is 4.53. The van der Waals surface area contributed by atoms with Gasteiger partial charge in [0, 0.05) is 22.2 Å². The summed E-state index contributed by atoms with van der Waals surface area (Å²) in [7, 11) is 0. The second kappa shape index (κ2) is 4.29. The Morgan fingerprint density at radius 3 is 2.58 bits per heavy atom. The van der Waals surface area contributed by atoms with E-state index in [1.165, 1.54) is 12.1 Å². The first kappa shape index (κ1) is 12.6. The molecule has 1 aliphatic rings. The van der Waals surface area contributed by atoms with E-state index in [0.29, 0.717) is 5.02 Å². The molecule has 0 spiro atoms. The molecule has 97 valence electrons. The molecule has 1 radical (unpaired) electrons. The van der Waals surface area contributed by atoms with Gasteiger partial charge >= 0.3 is 0 Å². The molecule has 1 nitrogen and oxygen atoms in total. The average molecular weight is 280 g/mol. The highest BCUT2D eigenvalue weighted by Gasteiger charge is 2.56. The van der Waals surface area contributed by atoms with E-state index in [-0.39, 0.29) is 5.56 Å². The summed E-state index contributed by atoms with van der Waals surface area (Å²) in [5, 5.41) is 0.542. The number of hydrogen-bond acceptors (Lipinski definition) is 1. The first-order valence-corrected chi connectivity index (χ1v) is 6.13. The molecule has 2 aromatic rings. The Morgan fingerprint density at radius 2 is 1.89 bits per heavy atom. The van der Waals surface area contributed by atoms with Gasteiger partial charge in [0.2, 0.25) is 0 Å². The Balaban J connectivity index is 1.98. The van der Waals surface area contributed by atoms with Crippen LogP contribution in [0.15, 0.2) is 42.5 Å². The minimum Gasteiger partial charge on any atom is -0.356 e. The largest absolute Gasteiger partial charge is 0.356 e. The predicted molar refractivity (Wildman–Crippen MR) is 68.7 cm³/mol. The SMILES string of the molecule is [CH2][C@]1(c2ccc(F)cc2F)O[C@H]1c1ccccc1Cl. The Labute approximate surface area is 114 Å². The number of epoxide rings is 1. The van der Waals surface area contributed by atoms with Gasteiger partial charge < -0.3 is 4.74 Å². The van der Waals surface area contributed by atoms with Crippen LogP contribution >= 0.6 is 11.6 Å². The van der Waals surface area contributed by atoms with E-state index >= 15 is 0 Å². The molecule has 0 amide bonds. The summed E-state index contributed by atoms with van der Waals surface area (Å²) < 4.78 is 32.2. The van der Waals surface area contributed by atoms with E-state index in [4.69, 9.17) is 16.3 Å². The van der Waals surface area contributed by atoms with Gasteiger partial charge in [0.15, 0.2) is 0 Å². The normalized spacial score (nSPS) is 25.4. The zero-order valence-corrected chi connectivity index (χ0v) is 10.6. The lowest BCUT2D eigenvalue weighted by molar-refractivity contribution is 0.327. The van der Waals surface area contributed by atoms with Crippen LogP contribution in [-0.4, -0.2) is 0 Å². The maximum atomic E-state index is 13.8. The van der Waals surface area contributed by atoms with Crippen LogP contribution in [0.3, 0.4) is 0 Å². The van der Waals surface area contributed by atoms with Crippen molar-refractivity contribution in [1.29, 1.82) is 0 Å². The highest BCUT2D eigenvalue weighted by Crippen LogP contribution is 2.58. The summed E-state index contributed by atoms with van der Waals surface area (Å²) in [6.07, 6.45) is -0.416. The van der Waals surface area contributed by atoms with Gasteiger partial charge in [0.25, 0.3) is 0 Å². The minimum absolute atomic E-state index is 0.235. The van der Waals surface area contributed by atoms with Crippen molar-refractivity contribution in [2.24, 2.45) is 0 Å². The van der Waals surface area contributed by atoms with Crippen molar-refractivity contribution in [2.45, 2.75) is 11.7 Å². The van der Waals surface area contributed by atoms with Crippen LogP contribution < -0.4 is 0 Å². The van der Waals surface area contributed by atoms with E-state index in [2.05, 4.69) is 6.92 Å². The number of rotatable bonds is 2. The lowest BCUT2D eigenvalue weighted by Crippen LogP contribution is -2.08. The van der Waals surface area contributed by atoms with Crippen molar-refractivity contribution in [1.82, 2.24) is 0 Å². The fourth-order valence-electron chi connectivity index (χ4n) is 2.22. The molecule has 3 rings (SSSR count). The van der Waals surface area contributed by atoms with Gasteiger partial charge in [0.1, 0.15) is 23.3 Å². The minimum atomic E-state index is -1.04. The summed E-state index contributed by atoms with van der Waals surface area (Å²) in [5.74, 6) is -1.29. The standard InChI is InChI=1S/C15H10ClF2O/c1-15(11-7-6-9(17)8-13(11)18)14(19-15)10-4-2-3-5-12(10)16/h2-8,14H,1H2/t14-,15+/m0/s1. The molecule has 1 saturated heterocycles. The molecule has 2 atom stereocenters. The van der Waals surface area contributed by atoms with Crippen LogP contribution in [0.5, 0.6) is 0 Å². The average Bonchev–Trinajstić information content (AvgIpc) is 3.02. The number of ether oxygens (including phenoxy) is 1. The van der Waals surface area contributed by atoms with Crippen molar-refractivity contribution in [3.05, 3.63) is 77.2 Å². The molecule has 4 heteroatoms. The highest BCUT2D eigenvalue weighted by atomic mass is 35.5. The summed E-state index contributed by atoms with van der Waals surface area (Å²) in [5.41, 5.74) is -0.0512. The van der Waals surface area contributed by atoms with E-state index in [9.17, 15) is 8.78 Å². The monoisotopic (exact) mass is 279 g/mol. The summed E-state index contributed by atoms with van der Waals surface area (Å²) >= 11 is 6.08. The zero-order valence-electron chi connectivity index (χ0n) is 9.87. The molecule has 1 fully saturated rings. The molecule has 0 saturated carbocycles. The number of hydrogen-bond donors (Lipinski definition) is 0. The van der Waals surface area contributed by atoms with Gasteiger partial charge in [-0.15, -0.1) is 0 Å². The molecular formula is C15H10ClF2O. The summed E-state index contributed by atoms with van der Waals surface area (Å²) in [4.78, 5) is 0. The Bertz CT molecular complexity index is 644. The number of benzene rings is 2. The Hall–Kier alpha value is -1.45. The van der Waals surface area contributed by atoms with Crippen molar-refractivity contribution in [2.75, 3.05) is 0 Å². The lowest BCUT2D eigenvalue weighted by atomic mass is 9.93. The van der Waals surface area contributed by atoms with Crippen molar-refractivity contribution >= 4 is 11.6 Å². The molecule has 0 bridgehead atoms. The maximum Gasteiger partial charge on any atom is 0.132 e. The smallest absolute Gasteiger partial charge is 0.132 e. The molecule has 2 aromatic carbocycles. The third-order valence-corrected chi connectivity index (χ3v) is 3.61. The lowest BCUT2D eigenvalue weighted by Gasteiger charge is -2.09. The third kappa shape index (κ3) is 2.03. The first-order valence-electron chi connectivity index (χ1n) is 5.75. The molecule has 19 heavy (non-hydrogen) atoms. The van der Waals surface area contributed by atoms with Gasteiger partial charge in [-0.2, -0.15) is 0 Å². The highest BCUT2D eigenvalue weighted by molar-refractivity contribution is 6.31. The molecule has 0 N–H and O–H groups in total. The molecule has 0 aromatic heterocycles. The Morgan fingerprint density at radius 1 is 1.16 bits per heavy atom. The van der Waals surface area contributed by atoms with Gasteiger partial charge in [-0.25, -0.2) is 8.78 Å². The van der Waals surface area contributed by atoms with Crippen molar-refractivity contribution < 1.29 is 13.5 Å². The molecule has 0 unspecified atom stereocenters. The molecular weight excluding hydrogens is 270 g/mol. The topological polar surface area (TPSA) is 12.5 Å². The summed E-state index contributed by atoms with van der Waals surface area (Å²) in [6, 6.07) is 10.5. The Kier molecular flexibility index (Phi) is 2.84. The van der Waals surface area contributed by atoms with Crippen LogP contribution in [0.2, 0.25) is 5.02 Å². The van der Waals surface area contributed by atoms with Crippen LogP contribution in [0.25, 0.3) is 0 Å². The fourth-order valence-corrected chi connectivity index (χ4v) is 2.45. The fraction of sp³-hybridized carbons (Fsp3) is 0.133. The van der Waals surface area contributed by atoms with Gasteiger partial charge in [-0.3, -0.25) is 0 Å². The van der Waals surface area contributed by atoms with E-state index in [0.717, 1.165) is 11.6 Å². The van der Waals surface area contributed by atoms with Gasteiger partial charge in [-0.1, -0.05) is 35.9 Å². The third-order valence-electron chi connectivity index (χ3n) is 3.27. The first-order chi connectivity index (χ1) is 9.02. The maximum absolute atomic E-state index is 13.8. The summed E-state index contributed by atoms with van der Waals surface area (Å²) in [6.45, 7) is 3.90. The van der Waals surface area contributed by atoms with Crippen LogP contribution in [0.4, 0.5) is 8.78 Å². The van der Waals surface area contributed by atoms with E-state index in [1.54, 1.807) is 18.2 Å². The predicted octanol–water partition coefficient (Wildman–Crippen LogP) is 4.42. The van der Waals surface area contributed by atoms with E-state index < -0.39 is 23.3 Å². The van der Waals surface area contributed by atoms with Crippen molar-refractivity contribution in [3.63, 3.8) is 0 Å². The van der Waals surface area contributed by atoms with Gasteiger partial charge in [-0.05, 0) is 19.1 Å². The van der Waals surface area contributed by atoms with Crippen LogP contribution in [0.1, 0.15) is 17.2 Å². The van der Waals surface area contributed by atoms with Crippen molar-refractivity contribution in [3.8, 4) is 0 Å². The van der Waals surface area contributed by atoms with Crippen LogP contribution in [0, 0.1) is 18.6 Å². The van der Waals surface area contributed by atoms with E-state index in [1.807, 2.05) is 6.07 Å². The molecule has 1 aliphatic heterocycles. The zero-order chi connectivity index (χ0) is 13.6. The second-order valence-corrected chi connectivity index (χ2v) is 4.94.